The van der Waals surface area contributed by atoms with Crippen LogP contribution in [-0.4, -0.2) is 23.3 Å². The highest BCUT2D eigenvalue weighted by molar-refractivity contribution is 9.10. The van der Waals surface area contributed by atoms with Crippen molar-refractivity contribution in [3.8, 4) is 0 Å². The van der Waals surface area contributed by atoms with E-state index in [-0.39, 0.29) is 4.90 Å². The molecule has 0 fully saturated rings. The van der Waals surface area contributed by atoms with Crippen molar-refractivity contribution in [2.45, 2.75) is 11.8 Å². The number of hydrogen-bond acceptors (Lipinski definition) is 6. The van der Waals surface area contributed by atoms with E-state index in [2.05, 4.69) is 30.6 Å². The van der Waals surface area contributed by atoms with Gasteiger partial charge in [0.1, 0.15) is 9.50 Å². The fourth-order valence-electron chi connectivity index (χ4n) is 1.48. The van der Waals surface area contributed by atoms with E-state index in [1.807, 2.05) is 0 Å². The third-order valence-corrected chi connectivity index (χ3v) is 4.31. The van der Waals surface area contributed by atoms with Crippen LogP contribution in [-0.2, 0) is 10.0 Å². The molecule has 0 bridgehead atoms. The van der Waals surface area contributed by atoms with E-state index in [0.717, 1.165) is 18.3 Å². The zero-order chi connectivity index (χ0) is 15.6. The van der Waals surface area contributed by atoms with Gasteiger partial charge in [-0.15, -0.1) is 0 Å². The van der Waals surface area contributed by atoms with Crippen molar-refractivity contribution in [2.75, 3.05) is 4.72 Å². The Balaban J connectivity index is 2.31. The summed E-state index contributed by atoms with van der Waals surface area (Å²) in [4.78, 5) is 17.2. The van der Waals surface area contributed by atoms with Crippen LogP contribution in [0.5, 0.6) is 0 Å². The van der Waals surface area contributed by atoms with Crippen LogP contribution in [0.2, 0.25) is 0 Å². The largest absolute Gasteiger partial charge is 0.363 e. The van der Waals surface area contributed by atoms with Crippen molar-refractivity contribution < 1.29 is 13.3 Å². The first-order valence-corrected chi connectivity index (χ1v) is 7.83. The van der Waals surface area contributed by atoms with Crippen molar-refractivity contribution in [3.63, 3.8) is 0 Å². The Labute approximate surface area is 128 Å². The van der Waals surface area contributed by atoms with Gasteiger partial charge in [-0.1, -0.05) is 0 Å². The molecule has 0 aliphatic heterocycles. The van der Waals surface area contributed by atoms with Gasteiger partial charge in [0.05, 0.1) is 11.4 Å². The number of halogens is 1. The highest BCUT2D eigenvalue weighted by Gasteiger charge is 2.19. The highest BCUT2D eigenvalue weighted by atomic mass is 79.9. The predicted octanol–water partition coefficient (Wildman–Crippen LogP) is 2.26. The van der Waals surface area contributed by atoms with Crippen LogP contribution in [0.15, 0.2) is 40.0 Å². The summed E-state index contributed by atoms with van der Waals surface area (Å²) in [7, 11) is -3.88. The minimum absolute atomic E-state index is 0.171. The van der Waals surface area contributed by atoms with E-state index in [0.29, 0.717) is 16.0 Å². The molecule has 0 unspecified atom stereocenters. The molecule has 2 rings (SSSR count). The van der Waals surface area contributed by atoms with Gasteiger partial charge in [-0.3, -0.25) is 4.72 Å². The molecule has 0 aliphatic rings. The molecule has 1 N–H and O–H groups in total. The zero-order valence-corrected chi connectivity index (χ0v) is 13.1. The van der Waals surface area contributed by atoms with Crippen LogP contribution < -0.4 is 4.72 Å². The van der Waals surface area contributed by atoms with Gasteiger partial charge in [0.15, 0.2) is 6.20 Å². The van der Waals surface area contributed by atoms with Crippen LogP contribution in [0.25, 0.3) is 0 Å². The second kappa shape index (κ2) is 5.74. The number of pyridine rings is 2. The van der Waals surface area contributed by atoms with Gasteiger partial charge >= 0.3 is 5.82 Å². The van der Waals surface area contributed by atoms with Crippen molar-refractivity contribution >= 4 is 37.5 Å². The molecule has 10 heteroatoms. The Hall–Kier alpha value is -2.07. The Kier molecular flexibility index (Phi) is 4.19. The van der Waals surface area contributed by atoms with Crippen molar-refractivity contribution in [3.05, 3.63) is 50.9 Å². The summed E-state index contributed by atoms with van der Waals surface area (Å²) >= 11 is 3.18. The maximum atomic E-state index is 12.2. The fraction of sp³-hybridized carbons (Fsp3) is 0.0909. The summed E-state index contributed by atoms with van der Waals surface area (Å²) in [5.74, 6) is -0.421. The molecule has 0 amide bonds. The quantitative estimate of drug-likeness (QED) is 0.499. The summed E-state index contributed by atoms with van der Waals surface area (Å²) in [5.41, 5.74) is 0.805. The van der Waals surface area contributed by atoms with E-state index >= 15 is 0 Å². The minimum Gasteiger partial charge on any atom is -0.358 e. The molecule has 110 valence electrons. The second-order valence-corrected chi connectivity index (χ2v) is 6.48. The average molecular weight is 373 g/mol. The number of nitrogens with one attached hydrogen (secondary N) is 1. The summed E-state index contributed by atoms with van der Waals surface area (Å²) in [6.45, 7) is 1.65. The van der Waals surface area contributed by atoms with Crippen molar-refractivity contribution in [2.24, 2.45) is 0 Å². The second-order valence-electron chi connectivity index (χ2n) is 3.98. The number of nitrogens with zero attached hydrogens (tertiary/aromatic N) is 3. The first-order valence-electron chi connectivity index (χ1n) is 5.56. The van der Waals surface area contributed by atoms with Gasteiger partial charge < -0.3 is 10.1 Å². The van der Waals surface area contributed by atoms with Gasteiger partial charge in [-0.25, -0.2) is 13.4 Å². The maximum Gasteiger partial charge on any atom is 0.363 e. The molecule has 21 heavy (non-hydrogen) atoms. The predicted molar refractivity (Wildman–Crippen MR) is 78.4 cm³/mol. The van der Waals surface area contributed by atoms with Crippen molar-refractivity contribution in [1.82, 2.24) is 9.97 Å². The molecule has 2 aromatic heterocycles. The van der Waals surface area contributed by atoms with Gasteiger partial charge in [0, 0.05) is 6.07 Å². The molecule has 0 saturated heterocycles. The Morgan fingerprint density at radius 3 is 2.52 bits per heavy atom. The van der Waals surface area contributed by atoms with E-state index in [1.54, 1.807) is 19.1 Å². The molecular formula is C11H9BrN4O4S. The normalized spacial score (nSPS) is 11.1. The molecule has 0 radical (unpaired) electrons. The Bertz CT molecular complexity index is 792. The molecule has 0 atom stereocenters. The molecule has 8 nitrogen and oxygen atoms in total. The molecule has 0 aromatic carbocycles. The van der Waals surface area contributed by atoms with Gasteiger partial charge in [-0.2, -0.15) is 0 Å². The van der Waals surface area contributed by atoms with E-state index < -0.39 is 20.8 Å². The molecule has 2 heterocycles. The molecule has 2 aromatic rings. The summed E-state index contributed by atoms with van der Waals surface area (Å²) in [6, 6.07) is 5.30. The van der Waals surface area contributed by atoms with Crippen molar-refractivity contribution in [1.29, 1.82) is 0 Å². The van der Waals surface area contributed by atoms with Gasteiger partial charge in [0.2, 0.25) is 0 Å². The van der Waals surface area contributed by atoms with E-state index in [4.69, 9.17) is 0 Å². The summed E-state index contributed by atoms with van der Waals surface area (Å²) < 4.78 is 27.3. The third-order valence-electron chi connectivity index (χ3n) is 2.51. The number of nitro groups is 1. The van der Waals surface area contributed by atoms with Crippen LogP contribution in [0.4, 0.5) is 11.5 Å². The fourth-order valence-corrected chi connectivity index (χ4v) is 2.94. The smallest absolute Gasteiger partial charge is 0.358 e. The number of sulfonamides is 1. The zero-order valence-electron chi connectivity index (χ0n) is 10.6. The number of aryl methyl sites for hydroxylation is 1. The lowest BCUT2D eigenvalue weighted by Crippen LogP contribution is -2.14. The number of anilines is 1. The number of hydrogen-bond donors (Lipinski definition) is 1. The number of rotatable bonds is 4. The van der Waals surface area contributed by atoms with Crippen LogP contribution in [0.3, 0.4) is 0 Å². The first kappa shape index (κ1) is 15.3. The van der Waals surface area contributed by atoms with Crippen LogP contribution in [0.1, 0.15) is 5.69 Å². The Morgan fingerprint density at radius 1 is 1.29 bits per heavy atom. The van der Waals surface area contributed by atoms with E-state index in [1.165, 1.54) is 0 Å². The molecular weight excluding hydrogens is 364 g/mol. The number of aromatic nitrogens is 2. The lowest BCUT2D eigenvalue weighted by molar-refractivity contribution is -0.389. The standard InChI is InChI=1S/C11H9BrN4O4S/c1-7-9(3-4-10(12)14-7)15-21(19,20)8-2-5-11(13-6-8)16(17)18/h2-6,15H,1H3. The van der Waals surface area contributed by atoms with Gasteiger partial charge in [0.25, 0.3) is 10.0 Å². The molecule has 0 aliphatic carbocycles. The lowest BCUT2D eigenvalue weighted by atomic mass is 10.3. The van der Waals surface area contributed by atoms with Crippen LogP contribution in [0, 0.1) is 17.0 Å². The lowest BCUT2D eigenvalue weighted by Gasteiger charge is -2.09. The average Bonchev–Trinajstić information content (AvgIpc) is 2.42. The maximum absolute atomic E-state index is 12.2. The molecule has 0 spiro atoms. The highest BCUT2D eigenvalue weighted by Crippen LogP contribution is 2.20. The topological polar surface area (TPSA) is 115 Å². The summed E-state index contributed by atoms with van der Waals surface area (Å²) in [6.07, 6.45) is 0.933. The summed E-state index contributed by atoms with van der Waals surface area (Å²) in [5, 5.41) is 10.5. The third kappa shape index (κ3) is 3.52. The van der Waals surface area contributed by atoms with Gasteiger partial charge in [-0.05, 0) is 51.0 Å². The van der Waals surface area contributed by atoms with Crippen LogP contribution >= 0.6 is 15.9 Å². The SMILES string of the molecule is Cc1nc(Br)ccc1NS(=O)(=O)c1ccc([N+](=O)[O-])nc1. The monoisotopic (exact) mass is 372 g/mol. The minimum atomic E-state index is -3.88. The van der Waals surface area contributed by atoms with E-state index in [9.17, 15) is 18.5 Å². The first-order chi connectivity index (χ1) is 9.79. The Morgan fingerprint density at radius 2 is 2.00 bits per heavy atom. The molecule has 0 saturated carbocycles.